The van der Waals surface area contributed by atoms with Gasteiger partial charge in [0.25, 0.3) is 0 Å². The molecule has 0 spiro atoms. The fraction of sp³-hybridized carbons (Fsp3) is 0.474. The first-order chi connectivity index (χ1) is 11.6. The smallest absolute Gasteiger partial charge is 0.147 e. The fourth-order valence-corrected chi connectivity index (χ4v) is 3.07. The zero-order valence-corrected chi connectivity index (χ0v) is 14.5. The molecule has 1 aromatic carbocycles. The predicted octanol–water partition coefficient (Wildman–Crippen LogP) is 2.46. The molecular formula is C19H26N4O. The van der Waals surface area contributed by atoms with Crippen molar-refractivity contribution in [3.8, 4) is 0 Å². The number of anilines is 1. The van der Waals surface area contributed by atoms with E-state index in [1.54, 1.807) is 18.6 Å². The van der Waals surface area contributed by atoms with Gasteiger partial charge in [-0.1, -0.05) is 38.1 Å². The van der Waals surface area contributed by atoms with Crippen molar-refractivity contribution in [3.05, 3.63) is 54.0 Å². The second-order valence-electron chi connectivity index (χ2n) is 6.69. The Morgan fingerprint density at radius 3 is 2.25 bits per heavy atom. The van der Waals surface area contributed by atoms with Gasteiger partial charge in [0.05, 0.1) is 12.3 Å². The number of rotatable bonds is 5. The summed E-state index contributed by atoms with van der Waals surface area (Å²) < 4.78 is 0. The molecule has 3 rings (SSSR count). The predicted molar refractivity (Wildman–Crippen MR) is 96.2 cm³/mol. The van der Waals surface area contributed by atoms with Crippen LogP contribution in [-0.4, -0.2) is 52.7 Å². The summed E-state index contributed by atoms with van der Waals surface area (Å²) in [6.07, 6.45) is 4.79. The largest absolute Gasteiger partial charge is 0.387 e. The van der Waals surface area contributed by atoms with Crippen molar-refractivity contribution < 1.29 is 5.11 Å². The molecule has 5 nitrogen and oxygen atoms in total. The molecular weight excluding hydrogens is 300 g/mol. The molecule has 0 amide bonds. The number of nitrogens with zero attached hydrogens (tertiary/aromatic N) is 4. The molecule has 1 aliphatic rings. The van der Waals surface area contributed by atoms with E-state index in [0.717, 1.165) is 37.6 Å². The second-order valence-corrected chi connectivity index (χ2v) is 6.69. The van der Waals surface area contributed by atoms with Gasteiger partial charge in [-0.25, -0.2) is 4.98 Å². The Kier molecular flexibility index (Phi) is 5.43. The lowest BCUT2D eigenvalue weighted by atomic mass is 10.00. The molecule has 5 heteroatoms. The van der Waals surface area contributed by atoms with Gasteiger partial charge >= 0.3 is 0 Å². The van der Waals surface area contributed by atoms with Crippen molar-refractivity contribution in [1.29, 1.82) is 0 Å². The van der Waals surface area contributed by atoms with Gasteiger partial charge in [-0.3, -0.25) is 9.88 Å². The minimum Gasteiger partial charge on any atom is -0.387 e. The number of benzene rings is 1. The maximum absolute atomic E-state index is 10.5. The monoisotopic (exact) mass is 326 g/mol. The number of aliphatic hydroxyl groups is 1. The van der Waals surface area contributed by atoms with Crippen LogP contribution in [0.2, 0.25) is 0 Å². The third-order valence-electron chi connectivity index (χ3n) is 4.66. The number of hydrogen-bond acceptors (Lipinski definition) is 5. The van der Waals surface area contributed by atoms with E-state index in [1.165, 1.54) is 5.56 Å². The van der Waals surface area contributed by atoms with Crippen LogP contribution in [0, 0.1) is 0 Å². The number of aromatic nitrogens is 2. The molecule has 0 saturated carbocycles. The molecule has 24 heavy (non-hydrogen) atoms. The van der Waals surface area contributed by atoms with E-state index in [2.05, 4.69) is 57.9 Å². The van der Waals surface area contributed by atoms with Crippen LogP contribution in [0.3, 0.4) is 0 Å². The Morgan fingerprint density at radius 1 is 1.00 bits per heavy atom. The van der Waals surface area contributed by atoms with Crippen molar-refractivity contribution >= 4 is 5.82 Å². The van der Waals surface area contributed by atoms with Gasteiger partial charge in [0, 0.05) is 45.1 Å². The Bertz CT molecular complexity index is 622. The van der Waals surface area contributed by atoms with Gasteiger partial charge in [-0.05, 0) is 17.0 Å². The minimum absolute atomic E-state index is 0.436. The highest BCUT2D eigenvalue weighted by Gasteiger charge is 2.20. The summed E-state index contributed by atoms with van der Waals surface area (Å²) in [7, 11) is 0. The number of β-amino-alcohol motifs (C(OH)–C–C–N with tert-alkyl or cyclic N) is 1. The fourth-order valence-electron chi connectivity index (χ4n) is 3.07. The second kappa shape index (κ2) is 7.73. The molecule has 1 aromatic heterocycles. The summed E-state index contributed by atoms with van der Waals surface area (Å²) in [6.45, 7) is 8.73. The first kappa shape index (κ1) is 16.9. The van der Waals surface area contributed by atoms with Crippen molar-refractivity contribution in [1.82, 2.24) is 14.9 Å². The van der Waals surface area contributed by atoms with Gasteiger partial charge in [0.1, 0.15) is 5.82 Å². The number of piperazine rings is 1. The minimum atomic E-state index is -0.436. The summed E-state index contributed by atoms with van der Waals surface area (Å²) in [6, 6.07) is 8.34. The molecule has 128 valence electrons. The van der Waals surface area contributed by atoms with E-state index in [0.29, 0.717) is 12.5 Å². The van der Waals surface area contributed by atoms with Crippen LogP contribution in [0.1, 0.15) is 37.0 Å². The highest BCUT2D eigenvalue weighted by atomic mass is 16.3. The molecule has 0 radical (unpaired) electrons. The standard InChI is InChI=1S/C19H26N4O/c1-15(2)16-3-5-17(6-4-16)18(24)14-22-9-11-23(12-10-22)19-13-20-7-8-21-19/h3-8,13,15,18,24H,9-12,14H2,1-2H3. The van der Waals surface area contributed by atoms with Gasteiger partial charge < -0.3 is 10.0 Å². The normalized spacial score (nSPS) is 17.2. The van der Waals surface area contributed by atoms with Crippen LogP contribution < -0.4 is 4.90 Å². The van der Waals surface area contributed by atoms with Gasteiger partial charge in [0.2, 0.25) is 0 Å². The van der Waals surface area contributed by atoms with Crippen molar-refractivity contribution in [3.63, 3.8) is 0 Å². The maximum atomic E-state index is 10.5. The molecule has 2 heterocycles. The van der Waals surface area contributed by atoms with Crippen molar-refractivity contribution in [2.24, 2.45) is 0 Å². The third-order valence-corrected chi connectivity index (χ3v) is 4.66. The van der Waals surface area contributed by atoms with Crippen LogP contribution in [0.4, 0.5) is 5.82 Å². The Morgan fingerprint density at radius 2 is 1.67 bits per heavy atom. The average Bonchev–Trinajstić information content (AvgIpc) is 2.63. The van der Waals surface area contributed by atoms with Gasteiger partial charge in [0.15, 0.2) is 0 Å². The molecule has 0 aliphatic carbocycles. The summed E-state index contributed by atoms with van der Waals surface area (Å²) in [5.74, 6) is 1.45. The lowest BCUT2D eigenvalue weighted by Crippen LogP contribution is -2.47. The van der Waals surface area contributed by atoms with Crippen LogP contribution in [0.15, 0.2) is 42.9 Å². The average molecular weight is 326 g/mol. The molecule has 1 atom stereocenters. The van der Waals surface area contributed by atoms with Crippen LogP contribution >= 0.6 is 0 Å². The molecule has 2 aromatic rings. The molecule has 1 unspecified atom stereocenters. The summed E-state index contributed by atoms with van der Waals surface area (Å²) >= 11 is 0. The first-order valence-corrected chi connectivity index (χ1v) is 8.64. The lowest BCUT2D eigenvalue weighted by Gasteiger charge is -2.36. The molecule has 1 fully saturated rings. The highest BCUT2D eigenvalue weighted by Crippen LogP contribution is 2.20. The third kappa shape index (κ3) is 4.10. The SMILES string of the molecule is CC(C)c1ccc(C(O)CN2CCN(c3cnccn3)CC2)cc1. The van der Waals surface area contributed by atoms with Crippen molar-refractivity contribution in [2.45, 2.75) is 25.9 Å². The number of hydrogen-bond donors (Lipinski definition) is 1. The van der Waals surface area contributed by atoms with Crippen LogP contribution in [-0.2, 0) is 0 Å². The van der Waals surface area contributed by atoms with Crippen LogP contribution in [0.25, 0.3) is 0 Å². The van der Waals surface area contributed by atoms with Crippen molar-refractivity contribution in [2.75, 3.05) is 37.6 Å². The molecule has 1 N–H and O–H groups in total. The maximum Gasteiger partial charge on any atom is 0.147 e. The Hall–Kier alpha value is -1.98. The Balaban J connectivity index is 1.52. The van der Waals surface area contributed by atoms with E-state index >= 15 is 0 Å². The van der Waals surface area contributed by atoms with Gasteiger partial charge in [-0.2, -0.15) is 0 Å². The molecule has 0 bridgehead atoms. The summed E-state index contributed by atoms with van der Waals surface area (Å²) in [4.78, 5) is 13.0. The zero-order valence-electron chi connectivity index (χ0n) is 14.5. The van der Waals surface area contributed by atoms with E-state index in [-0.39, 0.29) is 0 Å². The van der Waals surface area contributed by atoms with E-state index in [4.69, 9.17) is 0 Å². The highest BCUT2D eigenvalue weighted by molar-refractivity contribution is 5.35. The number of aliphatic hydroxyl groups excluding tert-OH is 1. The van der Waals surface area contributed by atoms with Crippen LogP contribution in [0.5, 0.6) is 0 Å². The lowest BCUT2D eigenvalue weighted by molar-refractivity contribution is 0.109. The quantitative estimate of drug-likeness (QED) is 0.915. The van der Waals surface area contributed by atoms with E-state index in [9.17, 15) is 5.11 Å². The molecule has 1 saturated heterocycles. The van der Waals surface area contributed by atoms with E-state index < -0.39 is 6.10 Å². The first-order valence-electron chi connectivity index (χ1n) is 8.64. The zero-order chi connectivity index (χ0) is 16.9. The summed E-state index contributed by atoms with van der Waals surface area (Å²) in [5, 5.41) is 10.5. The van der Waals surface area contributed by atoms with Gasteiger partial charge in [-0.15, -0.1) is 0 Å². The molecule has 1 aliphatic heterocycles. The topological polar surface area (TPSA) is 52.5 Å². The Labute approximate surface area is 144 Å². The van der Waals surface area contributed by atoms with E-state index in [1.807, 2.05) is 0 Å². The summed E-state index contributed by atoms with van der Waals surface area (Å²) in [5.41, 5.74) is 2.30.